The van der Waals surface area contributed by atoms with E-state index in [-0.39, 0.29) is 18.5 Å². The first-order chi connectivity index (χ1) is 11.5. The SMILES string of the molecule is O=C(Cc1ccccc1)N[C@H](Cc1ccc([N+](=O)[O-])cc1)C(=O)O. The summed E-state index contributed by atoms with van der Waals surface area (Å²) in [6.45, 7) is 0. The first kappa shape index (κ1) is 17.1. The van der Waals surface area contributed by atoms with Crippen LogP contribution in [0.3, 0.4) is 0 Å². The monoisotopic (exact) mass is 328 g/mol. The van der Waals surface area contributed by atoms with Gasteiger partial charge in [0, 0.05) is 18.6 Å². The Morgan fingerprint density at radius 2 is 1.67 bits per heavy atom. The molecule has 0 heterocycles. The molecule has 2 rings (SSSR count). The highest BCUT2D eigenvalue weighted by Crippen LogP contribution is 2.13. The van der Waals surface area contributed by atoms with Crippen molar-refractivity contribution in [2.45, 2.75) is 18.9 Å². The Kier molecular flexibility index (Phi) is 5.62. The van der Waals surface area contributed by atoms with Gasteiger partial charge in [0.15, 0.2) is 0 Å². The van der Waals surface area contributed by atoms with E-state index in [2.05, 4.69) is 5.32 Å². The second-order valence-electron chi connectivity index (χ2n) is 5.25. The normalized spacial score (nSPS) is 11.5. The Labute approximate surface area is 138 Å². The maximum Gasteiger partial charge on any atom is 0.326 e. The Morgan fingerprint density at radius 3 is 2.21 bits per heavy atom. The van der Waals surface area contributed by atoms with Crippen LogP contribution in [0.4, 0.5) is 5.69 Å². The molecule has 0 aliphatic heterocycles. The van der Waals surface area contributed by atoms with E-state index in [9.17, 15) is 24.8 Å². The topological polar surface area (TPSA) is 110 Å². The van der Waals surface area contributed by atoms with Gasteiger partial charge in [-0.05, 0) is 11.1 Å². The molecule has 0 aliphatic rings. The standard InChI is InChI=1S/C17H16N2O5/c20-16(11-12-4-2-1-3-5-12)18-15(17(21)22)10-13-6-8-14(9-7-13)19(23)24/h1-9,15H,10-11H2,(H,18,20)(H,21,22)/t15-/m1/s1. The number of hydrogen-bond donors (Lipinski definition) is 2. The third-order valence-electron chi connectivity index (χ3n) is 3.43. The van der Waals surface area contributed by atoms with E-state index < -0.39 is 22.8 Å². The van der Waals surface area contributed by atoms with Crippen molar-refractivity contribution in [3.63, 3.8) is 0 Å². The van der Waals surface area contributed by atoms with Gasteiger partial charge in [0.25, 0.3) is 5.69 Å². The number of carboxylic acid groups (broad SMARTS) is 1. The molecule has 0 radical (unpaired) electrons. The van der Waals surface area contributed by atoms with Crippen molar-refractivity contribution in [1.82, 2.24) is 5.32 Å². The predicted octanol–water partition coefficient (Wildman–Crippen LogP) is 1.95. The number of hydrogen-bond acceptors (Lipinski definition) is 4. The van der Waals surface area contributed by atoms with Crippen LogP contribution >= 0.6 is 0 Å². The van der Waals surface area contributed by atoms with E-state index in [1.807, 2.05) is 6.07 Å². The number of aliphatic carboxylic acids is 1. The quantitative estimate of drug-likeness (QED) is 0.596. The average molecular weight is 328 g/mol. The zero-order chi connectivity index (χ0) is 17.5. The second-order valence-corrected chi connectivity index (χ2v) is 5.25. The minimum Gasteiger partial charge on any atom is -0.480 e. The summed E-state index contributed by atoms with van der Waals surface area (Å²) in [5.74, 6) is -1.55. The largest absolute Gasteiger partial charge is 0.480 e. The second kappa shape index (κ2) is 7.87. The van der Waals surface area contributed by atoms with Crippen LogP contribution in [-0.2, 0) is 22.4 Å². The van der Waals surface area contributed by atoms with Gasteiger partial charge in [-0.2, -0.15) is 0 Å². The zero-order valence-electron chi connectivity index (χ0n) is 12.7. The minimum atomic E-state index is -1.16. The summed E-state index contributed by atoms with van der Waals surface area (Å²) < 4.78 is 0. The fraction of sp³-hybridized carbons (Fsp3) is 0.176. The number of nitrogens with zero attached hydrogens (tertiary/aromatic N) is 1. The average Bonchev–Trinajstić information content (AvgIpc) is 2.55. The van der Waals surface area contributed by atoms with Gasteiger partial charge < -0.3 is 10.4 Å². The number of carbonyl (C=O) groups excluding carboxylic acids is 1. The summed E-state index contributed by atoms with van der Waals surface area (Å²) in [5, 5.41) is 22.4. The van der Waals surface area contributed by atoms with Gasteiger partial charge in [0.2, 0.25) is 5.91 Å². The molecule has 0 aromatic heterocycles. The number of carboxylic acids is 1. The first-order valence-corrected chi connectivity index (χ1v) is 7.25. The predicted molar refractivity (Wildman–Crippen MR) is 86.5 cm³/mol. The Balaban J connectivity index is 2.00. The summed E-state index contributed by atoms with van der Waals surface area (Å²) in [4.78, 5) is 33.4. The summed E-state index contributed by atoms with van der Waals surface area (Å²) >= 11 is 0. The highest BCUT2D eigenvalue weighted by atomic mass is 16.6. The lowest BCUT2D eigenvalue weighted by atomic mass is 10.0. The molecule has 0 bridgehead atoms. The van der Waals surface area contributed by atoms with E-state index >= 15 is 0 Å². The lowest BCUT2D eigenvalue weighted by molar-refractivity contribution is -0.384. The van der Waals surface area contributed by atoms with E-state index in [1.165, 1.54) is 24.3 Å². The highest BCUT2D eigenvalue weighted by Gasteiger charge is 2.20. The summed E-state index contributed by atoms with van der Waals surface area (Å²) in [6, 6.07) is 13.5. The van der Waals surface area contributed by atoms with Crippen molar-refractivity contribution < 1.29 is 19.6 Å². The lowest BCUT2D eigenvalue weighted by Gasteiger charge is -2.14. The molecular formula is C17H16N2O5. The third-order valence-corrected chi connectivity index (χ3v) is 3.43. The van der Waals surface area contributed by atoms with Crippen molar-refractivity contribution in [3.8, 4) is 0 Å². The maximum atomic E-state index is 12.0. The highest BCUT2D eigenvalue weighted by molar-refractivity contribution is 5.85. The molecule has 0 unspecified atom stereocenters. The Morgan fingerprint density at radius 1 is 1.04 bits per heavy atom. The van der Waals surface area contributed by atoms with Crippen molar-refractivity contribution in [2.24, 2.45) is 0 Å². The van der Waals surface area contributed by atoms with Crippen LogP contribution in [-0.4, -0.2) is 27.9 Å². The minimum absolute atomic E-state index is 0.0495. The van der Waals surface area contributed by atoms with Crippen LogP contribution in [0, 0.1) is 10.1 Å². The summed E-state index contributed by atoms with van der Waals surface area (Å²) in [7, 11) is 0. The molecule has 24 heavy (non-hydrogen) atoms. The van der Waals surface area contributed by atoms with E-state index in [1.54, 1.807) is 24.3 Å². The number of amides is 1. The molecule has 0 aliphatic carbocycles. The first-order valence-electron chi connectivity index (χ1n) is 7.25. The molecule has 2 aromatic carbocycles. The number of nitrogens with one attached hydrogen (secondary N) is 1. The molecule has 0 saturated heterocycles. The number of non-ortho nitro benzene ring substituents is 1. The van der Waals surface area contributed by atoms with Crippen LogP contribution in [0.1, 0.15) is 11.1 Å². The van der Waals surface area contributed by atoms with Gasteiger partial charge in [-0.15, -0.1) is 0 Å². The molecule has 0 saturated carbocycles. The van der Waals surface area contributed by atoms with Crippen molar-refractivity contribution in [2.75, 3.05) is 0 Å². The molecule has 2 aromatic rings. The summed E-state index contributed by atoms with van der Waals surface area (Å²) in [6.07, 6.45) is 0.138. The van der Waals surface area contributed by atoms with E-state index in [0.29, 0.717) is 5.56 Å². The van der Waals surface area contributed by atoms with Gasteiger partial charge in [-0.3, -0.25) is 14.9 Å². The fourth-order valence-corrected chi connectivity index (χ4v) is 2.22. The fourth-order valence-electron chi connectivity index (χ4n) is 2.22. The van der Waals surface area contributed by atoms with Gasteiger partial charge in [-0.25, -0.2) is 4.79 Å². The van der Waals surface area contributed by atoms with Crippen molar-refractivity contribution in [1.29, 1.82) is 0 Å². The van der Waals surface area contributed by atoms with Crippen LogP contribution in [0.2, 0.25) is 0 Å². The Bertz CT molecular complexity index is 728. The van der Waals surface area contributed by atoms with Crippen LogP contribution in [0.15, 0.2) is 54.6 Å². The van der Waals surface area contributed by atoms with Crippen LogP contribution in [0.25, 0.3) is 0 Å². The van der Waals surface area contributed by atoms with Gasteiger partial charge >= 0.3 is 5.97 Å². The molecule has 2 N–H and O–H groups in total. The van der Waals surface area contributed by atoms with Gasteiger partial charge in [0.05, 0.1) is 11.3 Å². The molecule has 7 heteroatoms. The Hall–Kier alpha value is -3.22. The molecule has 1 amide bonds. The molecule has 7 nitrogen and oxygen atoms in total. The smallest absolute Gasteiger partial charge is 0.326 e. The molecule has 0 spiro atoms. The van der Waals surface area contributed by atoms with E-state index in [4.69, 9.17) is 0 Å². The summed E-state index contributed by atoms with van der Waals surface area (Å²) in [5.41, 5.74) is 1.31. The molecule has 1 atom stereocenters. The van der Waals surface area contributed by atoms with Gasteiger partial charge in [0.1, 0.15) is 6.04 Å². The number of rotatable bonds is 7. The van der Waals surface area contributed by atoms with Crippen molar-refractivity contribution >= 4 is 17.6 Å². The van der Waals surface area contributed by atoms with Crippen LogP contribution < -0.4 is 5.32 Å². The number of benzene rings is 2. The lowest BCUT2D eigenvalue weighted by Crippen LogP contribution is -2.43. The molecular weight excluding hydrogens is 312 g/mol. The number of nitro benzene ring substituents is 1. The van der Waals surface area contributed by atoms with Gasteiger partial charge in [-0.1, -0.05) is 42.5 Å². The third kappa shape index (κ3) is 4.91. The van der Waals surface area contributed by atoms with Crippen LogP contribution in [0.5, 0.6) is 0 Å². The molecule has 0 fully saturated rings. The van der Waals surface area contributed by atoms with Crippen molar-refractivity contribution in [3.05, 3.63) is 75.8 Å². The molecule has 124 valence electrons. The van der Waals surface area contributed by atoms with E-state index in [0.717, 1.165) is 5.56 Å². The maximum absolute atomic E-state index is 12.0. The zero-order valence-corrected chi connectivity index (χ0v) is 12.7. The number of carbonyl (C=O) groups is 2. The number of nitro groups is 1.